The third-order valence-corrected chi connectivity index (χ3v) is 6.89. The summed E-state index contributed by atoms with van der Waals surface area (Å²) in [5.74, 6) is 7.31. The molecule has 0 N–H and O–H groups in total. The van der Waals surface area contributed by atoms with E-state index in [9.17, 15) is 8.78 Å². The lowest BCUT2D eigenvalue weighted by Gasteiger charge is -2.37. The minimum absolute atomic E-state index is 0.256. The van der Waals surface area contributed by atoms with Crippen LogP contribution >= 0.6 is 0 Å². The van der Waals surface area contributed by atoms with Crippen molar-refractivity contribution in [1.29, 1.82) is 5.26 Å². The molecule has 2 fully saturated rings. The van der Waals surface area contributed by atoms with E-state index in [1.165, 1.54) is 70.3 Å². The molecule has 0 spiro atoms. The number of halogens is 2. The second kappa shape index (κ2) is 10.6. The van der Waals surface area contributed by atoms with Crippen molar-refractivity contribution >= 4 is 0 Å². The Balaban J connectivity index is 1.45. The second-order valence-corrected chi connectivity index (χ2v) is 8.80. The van der Waals surface area contributed by atoms with Gasteiger partial charge in [-0.25, -0.2) is 8.78 Å². The molecule has 3 heteroatoms. The number of nitriles is 1. The van der Waals surface area contributed by atoms with Crippen molar-refractivity contribution in [2.24, 2.45) is 23.7 Å². The highest BCUT2D eigenvalue weighted by Gasteiger charge is 2.29. The molecule has 2 saturated carbocycles. The summed E-state index contributed by atoms with van der Waals surface area (Å²) in [5.41, 5.74) is -0.298. The van der Waals surface area contributed by atoms with Gasteiger partial charge in [0.15, 0.2) is 0 Å². The third kappa shape index (κ3) is 5.93. The first-order chi connectivity index (χ1) is 14.1. The van der Waals surface area contributed by atoms with E-state index in [-0.39, 0.29) is 5.56 Å². The van der Waals surface area contributed by atoms with Gasteiger partial charge in [0.1, 0.15) is 23.3 Å². The maximum absolute atomic E-state index is 13.6. The molecule has 2 aliphatic carbocycles. The van der Waals surface area contributed by atoms with Gasteiger partial charge >= 0.3 is 0 Å². The minimum atomic E-state index is -0.858. The molecule has 1 aromatic rings. The Kier molecular flexibility index (Phi) is 7.88. The molecule has 1 nitrogen and oxygen atoms in total. The molecule has 0 unspecified atom stereocenters. The first-order valence-corrected chi connectivity index (χ1v) is 11.2. The predicted molar refractivity (Wildman–Crippen MR) is 113 cm³/mol. The number of hydrogen-bond acceptors (Lipinski definition) is 1. The van der Waals surface area contributed by atoms with Crippen molar-refractivity contribution in [1.82, 2.24) is 0 Å². The number of allylic oxidation sites excluding steroid dienone is 2. The van der Waals surface area contributed by atoms with E-state index in [1.807, 2.05) is 6.08 Å². The van der Waals surface area contributed by atoms with E-state index in [1.54, 1.807) is 0 Å². The van der Waals surface area contributed by atoms with Crippen molar-refractivity contribution < 1.29 is 8.78 Å². The van der Waals surface area contributed by atoms with Crippen LogP contribution in [0.4, 0.5) is 8.78 Å². The van der Waals surface area contributed by atoms with Crippen LogP contribution in [-0.2, 0) is 0 Å². The fourth-order valence-electron chi connectivity index (χ4n) is 5.23. The van der Waals surface area contributed by atoms with Gasteiger partial charge in [0, 0.05) is 5.56 Å². The van der Waals surface area contributed by atoms with E-state index in [4.69, 9.17) is 5.26 Å². The van der Waals surface area contributed by atoms with E-state index in [0.29, 0.717) is 5.92 Å². The highest BCUT2D eigenvalue weighted by atomic mass is 19.1. The number of nitrogens with zero attached hydrogens (tertiary/aromatic N) is 1. The standard InChI is InChI=1S/C26H31F2N/c1-2-5-19-8-12-22(13-9-19)23-14-10-20(11-15-23)6-3-4-7-21-16-25(27)24(18-29)26(28)17-21/h3,6,16-17,19-20,22-23H,2,5,8-15H2,1H3/b6-3+/t19-,20?,22-,23?. The van der Waals surface area contributed by atoms with Crippen LogP contribution in [0.15, 0.2) is 24.3 Å². The second-order valence-electron chi connectivity index (χ2n) is 8.80. The van der Waals surface area contributed by atoms with Crippen LogP contribution in [-0.4, -0.2) is 0 Å². The minimum Gasteiger partial charge on any atom is -0.205 e. The molecule has 0 saturated heterocycles. The molecule has 0 atom stereocenters. The summed E-state index contributed by atoms with van der Waals surface area (Å²) in [6, 6.07) is 3.75. The Labute approximate surface area is 174 Å². The summed E-state index contributed by atoms with van der Waals surface area (Å²) in [6.07, 6.45) is 17.5. The predicted octanol–water partition coefficient (Wildman–Crippen LogP) is 7.16. The molecule has 0 bridgehead atoms. The van der Waals surface area contributed by atoms with Crippen LogP contribution in [0.2, 0.25) is 0 Å². The first kappa shape index (κ1) is 21.6. The van der Waals surface area contributed by atoms with Crippen molar-refractivity contribution in [3.05, 3.63) is 47.0 Å². The summed E-state index contributed by atoms with van der Waals surface area (Å²) in [6.45, 7) is 2.30. The van der Waals surface area contributed by atoms with Crippen molar-refractivity contribution in [3.8, 4) is 17.9 Å². The van der Waals surface area contributed by atoms with Crippen molar-refractivity contribution in [2.75, 3.05) is 0 Å². The molecular formula is C26H31F2N. The highest BCUT2D eigenvalue weighted by molar-refractivity contribution is 5.43. The molecule has 3 rings (SSSR count). The number of rotatable bonds is 4. The van der Waals surface area contributed by atoms with Gasteiger partial charge < -0.3 is 0 Å². The first-order valence-electron chi connectivity index (χ1n) is 11.2. The smallest absolute Gasteiger partial charge is 0.145 e. The van der Waals surface area contributed by atoms with E-state index >= 15 is 0 Å². The molecule has 1 aromatic carbocycles. The molecule has 0 aromatic heterocycles. The summed E-state index contributed by atoms with van der Waals surface area (Å²) >= 11 is 0. The van der Waals surface area contributed by atoms with Gasteiger partial charge in [0.05, 0.1) is 0 Å². The molecule has 0 amide bonds. The van der Waals surface area contributed by atoms with Gasteiger partial charge in [0.25, 0.3) is 0 Å². The zero-order valence-electron chi connectivity index (χ0n) is 17.4. The monoisotopic (exact) mass is 395 g/mol. The molecule has 154 valence electrons. The fourth-order valence-corrected chi connectivity index (χ4v) is 5.23. The normalized spacial score (nSPS) is 27.2. The Bertz CT molecular complexity index is 784. The molecule has 0 heterocycles. The van der Waals surface area contributed by atoms with Gasteiger partial charge in [-0.3, -0.25) is 0 Å². The summed E-state index contributed by atoms with van der Waals surface area (Å²) in [4.78, 5) is 0. The quantitative estimate of drug-likeness (QED) is 0.496. The van der Waals surface area contributed by atoms with Gasteiger partial charge in [-0.2, -0.15) is 5.26 Å². The maximum atomic E-state index is 13.6. The number of hydrogen-bond donors (Lipinski definition) is 0. The average molecular weight is 396 g/mol. The molecule has 0 radical (unpaired) electrons. The Hall–Kier alpha value is -2.13. The van der Waals surface area contributed by atoms with Crippen LogP contribution in [0.5, 0.6) is 0 Å². The largest absolute Gasteiger partial charge is 0.205 e. The summed E-state index contributed by atoms with van der Waals surface area (Å²) in [7, 11) is 0. The molecule has 29 heavy (non-hydrogen) atoms. The van der Waals surface area contributed by atoms with E-state index in [2.05, 4.69) is 24.8 Å². The molecular weight excluding hydrogens is 364 g/mol. The zero-order chi connectivity index (χ0) is 20.6. The lowest BCUT2D eigenvalue weighted by atomic mass is 9.69. The Morgan fingerprint density at radius 3 is 2.10 bits per heavy atom. The molecule has 0 aliphatic heterocycles. The van der Waals surface area contributed by atoms with Gasteiger partial charge in [-0.1, -0.05) is 50.5 Å². The van der Waals surface area contributed by atoms with Crippen LogP contribution < -0.4 is 0 Å². The molecule has 2 aliphatic rings. The highest BCUT2D eigenvalue weighted by Crippen LogP contribution is 2.42. The Morgan fingerprint density at radius 1 is 0.966 bits per heavy atom. The van der Waals surface area contributed by atoms with Crippen molar-refractivity contribution in [2.45, 2.75) is 71.1 Å². The third-order valence-electron chi connectivity index (χ3n) is 6.89. The van der Waals surface area contributed by atoms with Crippen LogP contribution in [0, 0.1) is 58.5 Å². The van der Waals surface area contributed by atoms with Crippen LogP contribution in [0.1, 0.15) is 82.3 Å². The Morgan fingerprint density at radius 2 is 1.55 bits per heavy atom. The van der Waals surface area contributed by atoms with Crippen LogP contribution in [0.3, 0.4) is 0 Å². The zero-order valence-corrected chi connectivity index (χ0v) is 17.4. The van der Waals surface area contributed by atoms with Crippen molar-refractivity contribution in [3.63, 3.8) is 0 Å². The lowest BCUT2D eigenvalue weighted by molar-refractivity contribution is 0.152. The topological polar surface area (TPSA) is 23.8 Å². The number of benzene rings is 1. The van der Waals surface area contributed by atoms with Crippen LogP contribution in [0.25, 0.3) is 0 Å². The van der Waals surface area contributed by atoms with Gasteiger partial charge in [0.2, 0.25) is 0 Å². The lowest BCUT2D eigenvalue weighted by Crippen LogP contribution is -2.25. The fraction of sp³-hybridized carbons (Fsp3) is 0.577. The summed E-state index contributed by atoms with van der Waals surface area (Å²) < 4.78 is 27.2. The van der Waals surface area contributed by atoms with Gasteiger partial charge in [-0.05, 0) is 80.4 Å². The van der Waals surface area contributed by atoms with E-state index in [0.717, 1.165) is 29.9 Å². The van der Waals surface area contributed by atoms with E-state index < -0.39 is 17.2 Å². The average Bonchev–Trinajstić information content (AvgIpc) is 2.72. The SMILES string of the molecule is CCC[C@H]1CC[C@H](C2CCC(/C=C/C#Cc3cc(F)c(C#N)c(F)c3)CC2)CC1. The summed E-state index contributed by atoms with van der Waals surface area (Å²) in [5, 5.41) is 8.71. The maximum Gasteiger partial charge on any atom is 0.145 e. The van der Waals surface area contributed by atoms with Gasteiger partial charge in [-0.15, -0.1) is 0 Å².